The first-order valence-corrected chi connectivity index (χ1v) is 6.84. The molecule has 0 saturated carbocycles. The van der Waals surface area contributed by atoms with Crippen LogP contribution in [0.5, 0.6) is 0 Å². The van der Waals surface area contributed by atoms with E-state index in [9.17, 15) is 0 Å². The molecule has 90 valence electrons. The molecule has 0 aliphatic rings. The molecule has 0 fully saturated rings. The molecule has 1 rings (SSSR count). The van der Waals surface area contributed by atoms with E-state index >= 15 is 0 Å². The van der Waals surface area contributed by atoms with Crippen molar-refractivity contribution < 1.29 is 4.57 Å². The summed E-state index contributed by atoms with van der Waals surface area (Å²) in [5.41, 5.74) is 0. The van der Waals surface area contributed by atoms with E-state index in [0.29, 0.717) is 6.04 Å². The maximum absolute atomic E-state index is 2.38. The number of unbranched alkanes of at least 4 members (excludes halogenated alkanes) is 3. The van der Waals surface area contributed by atoms with Crippen molar-refractivity contribution >= 4 is 0 Å². The number of pyridine rings is 1. The van der Waals surface area contributed by atoms with Crippen LogP contribution in [-0.4, -0.2) is 0 Å². The second-order valence-corrected chi connectivity index (χ2v) is 4.61. The van der Waals surface area contributed by atoms with Gasteiger partial charge in [0.15, 0.2) is 18.4 Å². The van der Waals surface area contributed by atoms with Gasteiger partial charge in [0.2, 0.25) is 0 Å². The molecule has 0 aliphatic carbocycles. The van der Waals surface area contributed by atoms with E-state index in [-0.39, 0.29) is 0 Å². The molecule has 16 heavy (non-hydrogen) atoms. The summed E-state index contributed by atoms with van der Waals surface area (Å²) in [4.78, 5) is 0. The third kappa shape index (κ3) is 4.78. The van der Waals surface area contributed by atoms with Crippen LogP contribution in [0.25, 0.3) is 0 Å². The average Bonchev–Trinajstić information content (AvgIpc) is 2.34. The SMILES string of the molecule is CCCCCCC(CCC)[n+]1ccccc1. The van der Waals surface area contributed by atoms with Gasteiger partial charge in [-0.25, -0.2) is 4.57 Å². The molecule has 1 nitrogen and oxygen atoms in total. The van der Waals surface area contributed by atoms with Crippen molar-refractivity contribution in [1.82, 2.24) is 0 Å². The van der Waals surface area contributed by atoms with Gasteiger partial charge in [-0.1, -0.05) is 39.2 Å². The summed E-state index contributed by atoms with van der Waals surface area (Å²) < 4.78 is 2.38. The van der Waals surface area contributed by atoms with Gasteiger partial charge in [0.1, 0.15) is 0 Å². The van der Waals surface area contributed by atoms with E-state index in [1.165, 1.54) is 44.9 Å². The zero-order valence-electron chi connectivity index (χ0n) is 10.9. The van der Waals surface area contributed by atoms with Crippen molar-refractivity contribution in [3.05, 3.63) is 30.6 Å². The first-order valence-electron chi connectivity index (χ1n) is 6.84. The lowest BCUT2D eigenvalue weighted by atomic mass is 10.0. The topological polar surface area (TPSA) is 3.88 Å². The minimum Gasteiger partial charge on any atom is -0.202 e. The van der Waals surface area contributed by atoms with Gasteiger partial charge in [0.25, 0.3) is 0 Å². The fourth-order valence-electron chi connectivity index (χ4n) is 2.24. The fraction of sp³-hybridized carbons (Fsp3) is 0.667. The van der Waals surface area contributed by atoms with Crippen LogP contribution >= 0.6 is 0 Å². The van der Waals surface area contributed by atoms with Gasteiger partial charge in [-0.05, 0) is 12.8 Å². The van der Waals surface area contributed by atoms with Gasteiger partial charge in [-0.15, -0.1) is 0 Å². The van der Waals surface area contributed by atoms with Gasteiger partial charge >= 0.3 is 0 Å². The van der Waals surface area contributed by atoms with Gasteiger partial charge in [-0.3, -0.25) is 0 Å². The van der Waals surface area contributed by atoms with Crippen molar-refractivity contribution in [2.45, 2.75) is 64.8 Å². The average molecular weight is 220 g/mol. The molecular formula is C15H26N+. The normalized spacial score (nSPS) is 12.6. The molecule has 1 aromatic rings. The summed E-state index contributed by atoms with van der Waals surface area (Å²) in [6.07, 6.45) is 13.8. The lowest BCUT2D eigenvalue weighted by molar-refractivity contribution is -0.724. The van der Waals surface area contributed by atoms with Gasteiger partial charge < -0.3 is 0 Å². The van der Waals surface area contributed by atoms with Crippen molar-refractivity contribution in [3.63, 3.8) is 0 Å². The van der Waals surface area contributed by atoms with Crippen LogP contribution in [0.15, 0.2) is 30.6 Å². The lowest BCUT2D eigenvalue weighted by Crippen LogP contribution is -2.38. The van der Waals surface area contributed by atoms with E-state index in [4.69, 9.17) is 0 Å². The second kappa shape index (κ2) is 8.32. The smallest absolute Gasteiger partial charge is 0.169 e. The van der Waals surface area contributed by atoms with Crippen molar-refractivity contribution in [1.29, 1.82) is 0 Å². The molecule has 0 aliphatic heterocycles. The molecule has 1 unspecified atom stereocenters. The molecule has 1 heteroatoms. The van der Waals surface area contributed by atoms with Crippen LogP contribution < -0.4 is 4.57 Å². The Labute approximate surface area is 101 Å². The van der Waals surface area contributed by atoms with E-state index in [2.05, 4.69) is 49.0 Å². The monoisotopic (exact) mass is 220 g/mol. The molecule has 1 atom stereocenters. The molecule has 0 saturated heterocycles. The Balaban J connectivity index is 2.41. The molecule has 0 spiro atoms. The first kappa shape index (κ1) is 13.2. The predicted molar refractivity (Wildman–Crippen MR) is 69.3 cm³/mol. The van der Waals surface area contributed by atoms with E-state index < -0.39 is 0 Å². The number of rotatable bonds is 8. The Morgan fingerprint density at radius 3 is 2.19 bits per heavy atom. The number of nitrogens with zero attached hydrogens (tertiary/aromatic N) is 1. The van der Waals surface area contributed by atoms with Crippen LogP contribution in [0, 0.1) is 0 Å². The summed E-state index contributed by atoms with van der Waals surface area (Å²) in [6.45, 7) is 4.55. The molecular weight excluding hydrogens is 194 g/mol. The van der Waals surface area contributed by atoms with Crippen LogP contribution in [-0.2, 0) is 0 Å². The molecule has 0 aromatic carbocycles. The zero-order chi connectivity index (χ0) is 11.6. The number of hydrogen-bond acceptors (Lipinski definition) is 0. The van der Waals surface area contributed by atoms with Crippen LogP contribution in [0.3, 0.4) is 0 Å². The minimum atomic E-state index is 0.711. The highest BCUT2D eigenvalue weighted by Crippen LogP contribution is 2.15. The standard InChI is InChI=1S/C15H26N/c1-3-5-6-8-12-15(11-4-2)16-13-9-7-10-14-16/h7,9-10,13-15H,3-6,8,11-12H2,1-2H3/q+1. The first-order chi connectivity index (χ1) is 7.88. The molecule has 1 heterocycles. The number of aromatic nitrogens is 1. The Morgan fingerprint density at radius 2 is 1.56 bits per heavy atom. The summed E-state index contributed by atoms with van der Waals surface area (Å²) in [5, 5.41) is 0. The highest BCUT2D eigenvalue weighted by molar-refractivity contribution is 4.84. The Hall–Kier alpha value is -0.850. The summed E-state index contributed by atoms with van der Waals surface area (Å²) >= 11 is 0. The van der Waals surface area contributed by atoms with Gasteiger partial charge in [-0.2, -0.15) is 0 Å². The molecule has 0 bridgehead atoms. The van der Waals surface area contributed by atoms with Crippen LogP contribution in [0.4, 0.5) is 0 Å². The maximum Gasteiger partial charge on any atom is 0.169 e. The van der Waals surface area contributed by atoms with Gasteiger partial charge in [0.05, 0.1) is 0 Å². The Morgan fingerprint density at radius 1 is 0.812 bits per heavy atom. The summed E-state index contributed by atoms with van der Waals surface area (Å²) in [6, 6.07) is 7.07. The highest BCUT2D eigenvalue weighted by Gasteiger charge is 2.15. The van der Waals surface area contributed by atoms with Crippen LogP contribution in [0.1, 0.15) is 64.8 Å². The quantitative estimate of drug-likeness (QED) is 0.454. The summed E-state index contributed by atoms with van der Waals surface area (Å²) in [7, 11) is 0. The maximum atomic E-state index is 2.38. The third-order valence-corrected chi connectivity index (χ3v) is 3.17. The van der Waals surface area contributed by atoms with E-state index in [1.54, 1.807) is 0 Å². The third-order valence-electron chi connectivity index (χ3n) is 3.17. The molecule has 0 N–H and O–H groups in total. The molecule has 0 amide bonds. The van der Waals surface area contributed by atoms with Crippen molar-refractivity contribution in [2.75, 3.05) is 0 Å². The summed E-state index contributed by atoms with van der Waals surface area (Å²) in [5.74, 6) is 0. The van der Waals surface area contributed by atoms with E-state index in [0.717, 1.165) is 0 Å². The second-order valence-electron chi connectivity index (χ2n) is 4.61. The predicted octanol–water partition coefficient (Wildman–Crippen LogP) is 4.29. The Bertz CT molecular complexity index is 255. The number of hydrogen-bond donors (Lipinski definition) is 0. The molecule has 0 radical (unpaired) electrons. The fourth-order valence-corrected chi connectivity index (χ4v) is 2.24. The van der Waals surface area contributed by atoms with Gasteiger partial charge in [0, 0.05) is 25.0 Å². The van der Waals surface area contributed by atoms with E-state index in [1.807, 2.05) is 0 Å². The highest BCUT2D eigenvalue weighted by atomic mass is 15.0. The zero-order valence-corrected chi connectivity index (χ0v) is 10.9. The van der Waals surface area contributed by atoms with Crippen molar-refractivity contribution in [2.24, 2.45) is 0 Å². The minimum absolute atomic E-state index is 0.711. The molecule has 1 aromatic heterocycles. The largest absolute Gasteiger partial charge is 0.202 e. The van der Waals surface area contributed by atoms with Crippen molar-refractivity contribution in [3.8, 4) is 0 Å². The Kier molecular flexibility index (Phi) is 6.87. The lowest BCUT2D eigenvalue weighted by Gasteiger charge is -2.11. The van der Waals surface area contributed by atoms with Crippen LogP contribution in [0.2, 0.25) is 0 Å².